The predicted molar refractivity (Wildman–Crippen MR) is 98.8 cm³/mol. The molecule has 0 aliphatic rings. The van der Waals surface area contributed by atoms with Crippen LogP contribution in [0.5, 0.6) is 0 Å². The average Bonchev–Trinajstić information content (AvgIpc) is 2.56. The zero-order valence-corrected chi connectivity index (χ0v) is 14.4. The van der Waals surface area contributed by atoms with Crippen molar-refractivity contribution in [2.75, 3.05) is 10.6 Å². The van der Waals surface area contributed by atoms with Crippen molar-refractivity contribution in [2.45, 2.75) is 20.8 Å². The number of anilines is 2. The van der Waals surface area contributed by atoms with E-state index in [1.54, 1.807) is 24.3 Å². The maximum atomic E-state index is 12.1. The van der Waals surface area contributed by atoms with Crippen molar-refractivity contribution >= 4 is 29.0 Å². The second-order valence-electron chi connectivity index (χ2n) is 5.71. The van der Waals surface area contributed by atoms with Gasteiger partial charge in [-0.15, -0.1) is 0 Å². The molecule has 0 aliphatic carbocycles. The Balaban J connectivity index is 2.02. The monoisotopic (exact) mass is 336 g/mol. The third kappa shape index (κ3) is 5.14. The van der Waals surface area contributed by atoms with E-state index in [-0.39, 0.29) is 17.6 Å². The highest BCUT2D eigenvalue weighted by molar-refractivity contribution is 6.10. The van der Waals surface area contributed by atoms with Crippen molar-refractivity contribution in [1.29, 1.82) is 0 Å². The first kappa shape index (κ1) is 18.1. The van der Waals surface area contributed by atoms with E-state index < -0.39 is 0 Å². The van der Waals surface area contributed by atoms with Crippen LogP contribution in [0.3, 0.4) is 0 Å². The Morgan fingerprint density at radius 3 is 2.00 bits per heavy atom. The summed E-state index contributed by atoms with van der Waals surface area (Å²) in [4.78, 5) is 35.1. The minimum atomic E-state index is -0.361. The number of hydrogen-bond donors (Lipinski definition) is 2. The van der Waals surface area contributed by atoms with Crippen molar-refractivity contribution in [3.63, 3.8) is 0 Å². The maximum absolute atomic E-state index is 12.1. The first-order chi connectivity index (χ1) is 11.9. The summed E-state index contributed by atoms with van der Waals surface area (Å²) < 4.78 is 0. The van der Waals surface area contributed by atoms with Crippen LogP contribution in [0.15, 0.2) is 54.6 Å². The number of amides is 2. The lowest BCUT2D eigenvalue weighted by Gasteiger charge is -2.09. The summed E-state index contributed by atoms with van der Waals surface area (Å²) in [6.07, 6.45) is 2.45. The summed E-state index contributed by atoms with van der Waals surface area (Å²) in [5.74, 6) is -0.825. The highest BCUT2D eigenvalue weighted by Crippen LogP contribution is 2.19. The van der Waals surface area contributed by atoms with E-state index in [2.05, 4.69) is 10.6 Å². The van der Waals surface area contributed by atoms with Crippen LogP contribution < -0.4 is 10.6 Å². The zero-order valence-electron chi connectivity index (χ0n) is 14.4. The maximum Gasteiger partial charge on any atom is 0.248 e. The van der Waals surface area contributed by atoms with E-state index in [4.69, 9.17) is 0 Å². The van der Waals surface area contributed by atoms with Gasteiger partial charge in [-0.25, -0.2) is 0 Å². The standard InChI is InChI=1S/C20H20N2O3/c1-13-5-4-6-14(2)20(13)22-19(25)12-11-18(24)16-7-9-17(10-8-16)21-15(3)23/h4-12H,1-3H3,(H,21,23)(H,22,25). The molecule has 0 fully saturated rings. The van der Waals surface area contributed by atoms with Gasteiger partial charge in [0.15, 0.2) is 5.78 Å². The number of carbonyl (C=O) groups is 3. The fourth-order valence-corrected chi connectivity index (χ4v) is 2.35. The minimum absolute atomic E-state index is 0.179. The molecule has 0 saturated heterocycles. The summed E-state index contributed by atoms with van der Waals surface area (Å²) in [5, 5.41) is 5.42. The van der Waals surface area contributed by atoms with Crippen LogP contribution in [0, 0.1) is 13.8 Å². The van der Waals surface area contributed by atoms with Crippen LogP contribution in [0.25, 0.3) is 0 Å². The van der Waals surface area contributed by atoms with Crippen LogP contribution in [0.4, 0.5) is 11.4 Å². The SMILES string of the molecule is CC(=O)Nc1ccc(C(=O)C=CC(=O)Nc2c(C)cccc2C)cc1. The lowest BCUT2D eigenvalue weighted by molar-refractivity contribution is -0.114. The highest BCUT2D eigenvalue weighted by Gasteiger charge is 2.06. The van der Waals surface area contributed by atoms with Crippen LogP contribution in [0.2, 0.25) is 0 Å². The Kier molecular flexibility index (Phi) is 5.84. The smallest absolute Gasteiger partial charge is 0.248 e. The number of aryl methyl sites for hydroxylation is 2. The molecule has 5 nitrogen and oxygen atoms in total. The minimum Gasteiger partial charge on any atom is -0.326 e. The second kappa shape index (κ2) is 8.06. The number of hydrogen-bond acceptors (Lipinski definition) is 3. The first-order valence-electron chi connectivity index (χ1n) is 7.84. The fourth-order valence-electron chi connectivity index (χ4n) is 2.35. The third-order valence-corrected chi connectivity index (χ3v) is 3.61. The molecular formula is C20H20N2O3. The number of carbonyl (C=O) groups excluding carboxylic acids is 3. The third-order valence-electron chi connectivity index (χ3n) is 3.61. The molecule has 0 bridgehead atoms. The van der Waals surface area contributed by atoms with Gasteiger partial charge < -0.3 is 10.6 Å². The van der Waals surface area contributed by atoms with Gasteiger partial charge >= 0.3 is 0 Å². The first-order valence-corrected chi connectivity index (χ1v) is 7.84. The molecule has 2 rings (SSSR count). The summed E-state index contributed by atoms with van der Waals surface area (Å²) >= 11 is 0. The second-order valence-corrected chi connectivity index (χ2v) is 5.71. The van der Waals surface area contributed by atoms with E-state index >= 15 is 0 Å². The van der Waals surface area contributed by atoms with Crippen molar-refractivity contribution in [2.24, 2.45) is 0 Å². The molecule has 5 heteroatoms. The largest absolute Gasteiger partial charge is 0.326 e. The number of nitrogens with one attached hydrogen (secondary N) is 2. The average molecular weight is 336 g/mol. The molecule has 25 heavy (non-hydrogen) atoms. The molecule has 0 radical (unpaired) electrons. The molecule has 0 atom stereocenters. The van der Waals surface area contributed by atoms with Crippen LogP contribution >= 0.6 is 0 Å². The predicted octanol–water partition coefficient (Wildman–Crippen LogP) is 3.64. The zero-order chi connectivity index (χ0) is 18.4. The Hall–Kier alpha value is -3.21. The van der Waals surface area contributed by atoms with Gasteiger partial charge in [0.05, 0.1) is 0 Å². The van der Waals surface area contributed by atoms with Gasteiger partial charge in [0.2, 0.25) is 11.8 Å². The van der Waals surface area contributed by atoms with Crippen LogP contribution in [-0.4, -0.2) is 17.6 Å². The van der Waals surface area contributed by atoms with Crippen molar-refractivity contribution in [3.8, 4) is 0 Å². The van der Waals surface area contributed by atoms with Gasteiger partial charge in [0, 0.05) is 29.9 Å². The van der Waals surface area contributed by atoms with Crippen molar-refractivity contribution < 1.29 is 14.4 Å². The number of benzene rings is 2. The molecule has 0 spiro atoms. The Bertz CT molecular complexity index is 816. The molecule has 128 valence electrons. The summed E-state index contributed by atoms with van der Waals surface area (Å²) in [5.41, 5.74) is 3.72. The molecule has 0 heterocycles. The van der Waals surface area contributed by atoms with E-state index in [1.807, 2.05) is 32.0 Å². The Morgan fingerprint density at radius 2 is 1.44 bits per heavy atom. The highest BCUT2D eigenvalue weighted by atomic mass is 16.2. The van der Waals surface area contributed by atoms with Gasteiger partial charge in [-0.1, -0.05) is 18.2 Å². The molecular weight excluding hydrogens is 316 g/mol. The summed E-state index contributed by atoms with van der Waals surface area (Å²) in [7, 11) is 0. The van der Waals surface area contributed by atoms with Gasteiger partial charge in [-0.2, -0.15) is 0 Å². The van der Waals surface area contributed by atoms with Crippen molar-refractivity contribution in [3.05, 3.63) is 71.3 Å². The van der Waals surface area contributed by atoms with E-state index in [0.29, 0.717) is 11.3 Å². The molecule has 0 unspecified atom stereocenters. The van der Waals surface area contributed by atoms with E-state index in [0.717, 1.165) is 16.8 Å². The van der Waals surface area contributed by atoms with Gasteiger partial charge in [-0.05, 0) is 55.3 Å². The molecule has 2 N–H and O–H groups in total. The van der Waals surface area contributed by atoms with E-state index in [1.165, 1.54) is 19.1 Å². The Morgan fingerprint density at radius 1 is 0.840 bits per heavy atom. The lowest BCUT2D eigenvalue weighted by atomic mass is 10.1. The quantitative estimate of drug-likeness (QED) is 0.646. The molecule has 0 aliphatic heterocycles. The normalized spacial score (nSPS) is 10.5. The fraction of sp³-hybridized carbons (Fsp3) is 0.150. The molecule has 2 aromatic carbocycles. The van der Waals surface area contributed by atoms with Gasteiger partial charge in [-0.3, -0.25) is 14.4 Å². The van der Waals surface area contributed by atoms with Crippen LogP contribution in [-0.2, 0) is 9.59 Å². The molecule has 0 saturated carbocycles. The van der Waals surface area contributed by atoms with Gasteiger partial charge in [0.1, 0.15) is 0 Å². The van der Waals surface area contributed by atoms with Gasteiger partial charge in [0.25, 0.3) is 0 Å². The number of ketones is 1. The Labute approximate surface area is 146 Å². The summed E-state index contributed by atoms with van der Waals surface area (Å²) in [6, 6.07) is 12.2. The molecule has 2 aromatic rings. The molecule has 0 aromatic heterocycles. The van der Waals surface area contributed by atoms with Crippen LogP contribution in [0.1, 0.15) is 28.4 Å². The number of allylic oxidation sites excluding steroid dienone is 1. The number of rotatable bonds is 5. The summed E-state index contributed by atoms with van der Waals surface area (Å²) in [6.45, 7) is 5.23. The van der Waals surface area contributed by atoms with Crippen molar-refractivity contribution in [1.82, 2.24) is 0 Å². The van der Waals surface area contributed by atoms with E-state index in [9.17, 15) is 14.4 Å². The topological polar surface area (TPSA) is 75.3 Å². The number of para-hydroxylation sites is 1. The molecule has 2 amide bonds. The lowest BCUT2D eigenvalue weighted by Crippen LogP contribution is -2.11.